The van der Waals surface area contributed by atoms with Gasteiger partial charge in [0, 0.05) is 17.4 Å². The zero-order valence-electron chi connectivity index (χ0n) is 10.9. The maximum Gasteiger partial charge on any atom is 0.695 e. The lowest BCUT2D eigenvalue weighted by atomic mass is 10.0. The second-order valence-electron chi connectivity index (χ2n) is 4.34. The molecule has 2 aromatic rings. The van der Waals surface area contributed by atoms with E-state index in [4.69, 9.17) is 9.42 Å². The molecule has 0 fully saturated rings. The van der Waals surface area contributed by atoms with Gasteiger partial charge in [-0.15, -0.1) is 21.8 Å². The highest BCUT2D eigenvalue weighted by Gasteiger charge is 2.23. The number of halogens is 1. The van der Waals surface area contributed by atoms with Crippen LogP contribution in [-0.4, -0.2) is 11.0 Å². The van der Waals surface area contributed by atoms with Crippen molar-refractivity contribution >= 4 is 20.7 Å². The van der Waals surface area contributed by atoms with Crippen LogP contribution in [0.25, 0.3) is 0 Å². The van der Waals surface area contributed by atoms with Crippen LogP contribution in [0.3, 0.4) is 0 Å². The van der Waals surface area contributed by atoms with Gasteiger partial charge >= 0.3 is 8.25 Å². The Hall–Kier alpha value is -1.25. The zero-order valence-corrected chi connectivity index (χ0v) is 12.6. The number of benzene rings is 2. The second kappa shape index (κ2) is 8.83. The molecule has 1 unspecified atom stereocenters. The fourth-order valence-electron chi connectivity index (χ4n) is 2.03. The predicted molar refractivity (Wildman–Crippen MR) is 82.2 cm³/mol. The summed E-state index contributed by atoms with van der Waals surface area (Å²) in [5.41, 5.74) is 2.19. The third kappa shape index (κ3) is 5.81. The predicted octanol–water partition coefficient (Wildman–Crippen LogP) is 3.93. The first kappa shape index (κ1) is 16.8. The van der Waals surface area contributed by atoms with Gasteiger partial charge in [0.25, 0.3) is 0 Å². The summed E-state index contributed by atoms with van der Waals surface area (Å²) in [7, 11) is -2.58. The van der Waals surface area contributed by atoms with E-state index in [0.29, 0.717) is 12.8 Å². The van der Waals surface area contributed by atoms with Crippen LogP contribution in [0, 0.1) is 0 Å². The highest BCUT2D eigenvalue weighted by Crippen LogP contribution is 2.23. The third-order valence-corrected chi connectivity index (χ3v) is 3.33. The van der Waals surface area contributed by atoms with Gasteiger partial charge in [0.05, 0.1) is 0 Å². The van der Waals surface area contributed by atoms with Crippen molar-refractivity contribution in [3.05, 3.63) is 71.8 Å². The van der Waals surface area contributed by atoms with Gasteiger partial charge in [0.1, 0.15) is 6.10 Å². The molecule has 3 nitrogen and oxygen atoms in total. The Morgan fingerprint density at radius 2 is 1.30 bits per heavy atom. The van der Waals surface area contributed by atoms with Crippen molar-refractivity contribution in [1.82, 2.24) is 0 Å². The Kier molecular flexibility index (Phi) is 7.42. The molecule has 1 N–H and O–H groups in total. The van der Waals surface area contributed by atoms with Crippen molar-refractivity contribution in [2.75, 3.05) is 0 Å². The molecule has 2 aromatic carbocycles. The van der Waals surface area contributed by atoms with E-state index in [1.807, 2.05) is 60.7 Å². The lowest BCUT2D eigenvalue weighted by molar-refractivity contribution is 0.188. The van der Waals surface area contributed by atoms with Gasteiger partial charge in [-0.25, -0.2) is 0 Å². The van der Waals surface area contributed by atoms with E-state index >= 15 is 0 Å². The van der Waals surface area contributed by atoms with E-state index in [2.05, 4.69) is 0 Å². The lowest BCUT2D eigenvalue weighted by Gasteiger charge is -2.10. The zero-order chi connectivity index (χ0) is 13.5. The van der Waals surface area contributed by atoms with Gasteiger partial charge in [-0.1, -0.05) is 60.7 Å². The molecule has 0 saturated carbocycles. The van der Waals surface area contributed by atoms with E-state index in [-0.39, 0.29) is 18.5 Å². The van der Waals surface area contributed by atoms with Gasteiger partial charge in [0.2, 0.25) is 0 Å². The monoisotopic (exact) mass is 311 g/mol. The largest absolute Gasteiger partial charge is 0.695 e. The number of hydrogen-bond donors (Lipinski definition) is 1. The van der Waals surface area contributed by atoms with Crippen LogP contribution in [0.2, 0.25) is 0 Å². The molecular formula is C15H17ClO3P+. The Bertz CT molecular complexity index is 478. The average Bonchev–Trinajstić information content (AvgIpc) is 2.40. The Balaban J connectivity index is 0.00000200. The van der Waals surface area contributed by atoms with Crippen molar-refractivity contribution in [2.45, 2.75) is 18.9 Å². The van der Waals surface area contributed by atoms with Crippen LogP contribution >= 0.6 is 20.7 Å². The van der Waals surface area contributed by atoms with E-state index < -0.39 is 8.25 Å². The summed E-state index contributed by atoms with van der Waals surface area (Å²) in [6, 6.07) is 19.7. The third-order valence-electron chi connectivity index (χ3n) is 2.85. The normalized spacial score (nSPS) is 11.0. The van der Waals surface area contributed by atoms with Gasteiger partial charge < -0.3 is 0 Å². The first-order valence-electron chi connectivity index (χ1n) is 6.15. The standard InChI is InChI=1S/C15H15O3P.ClH/c16-19(17)18-15(11-13-7-3-1-4-8-13)12-14-9-5-2-6-10-14;/h1-10,15H,11-12H2;1H/p+1. The molecule has 106 valence electrons. The molecular weight excluding hydrogens is 295 g/mol. The Labute approximate surface area is 126 Å². The molecule has 0 spiro atoms. The van der Waals surface area contributed by atoms with Crippen LogP contribution in [0.4, 0.5) is 0 Å². The van der Waals surface area contributed by atoms with E-state index in [1.165, 1.54) is 0 Å². The SMILES string of the molecule is Cl.O=[P+](O)OC(Cc1ccccc1)Cc1ccccc1. The molecule has 0 aliphatic rings. The summed E-state index contributed by atoms with van der Waals surface area (Å²) >= 11 is 0. The van der Waals surface area contributed by atoms with E-state index in [1.54, 1.807) is 0 Å². The van der Waals surface area contributed by atoms with Gasteiger partial charge in [-0.2, -0.15) is 0 Å². The summed E-state index contributed by atoms with van der Waals surface area (Å²) in [6.45, 7) is 0. The van der Waals surface area contributed by atoms with Crippen LogP contribution in [0.1, 0.15) is 11.1 Å². The number of hydrogen-bond acceptors (Lipinski definition) is 2. The topological polar surface area (TPSA) is 46.5 Å². The molecule has 0 aliphatic heterocycles. The highest BCUT2D eigenvalue weighted by molar-refractivity contribution is 7.32. The van der Waals surface area contributed by atoms with Crippen molar-refractivity contribution in [1.29, 1.82) is 0 Å². The Morgan fingerprint density at radius 1 is 0.900 bits per heavy atom. The van der Waals surface area contributed by atoms with E-state index in [0.717, 1.165) is 11.1 Å². The molecule has 0 radical (unpaired) electrons. The molecule has 0 heterocycles. The van der Waals surface area contributed by atoms with Gasteiger partial charge in [-0.3, -0.25) is 0 Å². The molecule has 0 aromatic heterocycles. The molecule has 2 rings (SSSR count). The maximum absolute atomic E-state index is 10.9. The van der Waals surface area contributed by atoms with Crippen molar-refractivity contribution in [2.24, 2.45) is 0 Å². The minimum absolute atomic E-state index is 0. The van der Waals surface area contributed by atoms with Gasteiger partial charge in [-0.05, 0) is 11.1 Å². The lowest BCUT2D eigenvalue weighted by Crippen LogP contribution is -2.16. The van der Waals surface area contributed by atoms with Crippen molar-refractivity contribution < 1.29 is 14.0 Å². The van der Waals surface area contributed by atoms with E-state index in [9.17, 15) is 4.57 Å². The minimum atomic E-state index is -2.58. The van der Waals surface area contributed by atoms with Crippen LogP contribution < -0.4 is 0 Å². The van der Waals surface area contributed by atoms with Crippen molar-refractivity contribution in [3.63, 3.8) is 0 Å². The fraction of sp³-hybridized carbons (Fsp3) is 0.200. The molecule has 0 amide bonds. The molecule has 0 saturated heterocycles. The molecule has 0 aliphatic carbocycles. The molecule has 20 heavy (non-hydrogen) atoms. The maximum atomic E-state index is 10.9. The van der Waals surface area contributed by atoms with Crippen LogP contribution in [0.5, 0.6) is 0 Å². The summed E-state index contributed by atoms with van der Waals surface area (Å²) < 4.78 is 16.0. The van der Waals surface area contributed by atoms with Crippen LogP contribution in [0.15, 0.2) is 60.7 Å². The summed E-state index contributed by atoms with van der Waals surface area (Å²) in [6.07, 6.45) is 0.952. The first-order valence-corrected chi connectivity index (χ1v) is 7.28. The summed E-state index contributed by atoms with van der Waals surface area (Å²) in [5, 5.41) is 0. The number of rotatable bonds is 6. The minimum Gasteiger partial charge on any atom is -0.147 e. The fourth-order valence-corrected chi connectivity index (χ4v) is 2.43. The van der Waals surface area contributed by atoms with Crippen molar-refractivity contribution in [3.8, 4) is 0 Å². The quantitative estimate of drug-likeness (QED) is 0.822. The second-order valence-corrected chi connectivity index (χ2v) is 5.03. The molecule has 1 atom stereocenters. The van der Waals surface area contributed by atoms with Crippen LogP contribution in [-0.2, 0) is 21.9 Å². The molecule has 0 bridgehead atoms. The smallest absolute Gasteiger partial charge is 0.147 e. The molecule has 5 heteroatoms. The highest BCUT2D eigenvalue weighted by atomic mass is 35.5. The summed E-state index contributed by atoms with van der Waals surface area (Å²) in [4.78, 5) is 8.97. The van der Waals surface area contributed by atoms with Gasteiger partial charge in [0.15, 0.2) is 0 Å². The summed E-state index contributed by atoms with van der Waals surface area (Å²) in [5.74, 6) is 0. The Morgan fingerprint density at radius 3 is 1.65 bits per heavy atom. The first-order chi connectivity index (χ1) is 9.24. The average molecular weight is 312 g/mol.